The highest BCUT2D eigenvalue weighted by atomic mass is 35.5. The van der Waals surface area contributed by atoms with Crippen molar-refractivity contribution in [3.8, 4) is 18.1 Å². The first kappa shape index (κ1) is 12.9. The van der Waals surface area contributed by atoms with Crippen LogP contribution in [-0.2, 0) is 0 Å². The fraction of sp³-hybridized carbons (Fsp3) is 0.385. The SMILES string of the molecule is C#CC(COc1ccc(Cl)cc1)NCCC. The van der Waals surface area contributed by atoms with Crippen LogP contribution in [0.2, 0.25) is 5.02 Å². The second-order valence-corrected chi connectivity index (χ2v) is 3.87. The molecule has 0 spiro atoms. The van der Waals surface area contributed by atoms with Crippen LogP contribution in [0.15, 0.2) is 24.3 Å². The number of ether oxygens (including phenoxy) is 1. The minimum absolute atomic E-state index is 0.0457. The first-order valence-corrected chi connectivity index (χ1v) is 5.72. The molecule has 0 saturated carbocycles. The fourth-order valence-electron chi connectivity index (χ4n) is 1.19. The van der Waals surface area contributed by atoms with E-state index < -0.39 is 0 Å². The normalized spacial score (nSPS) is 11.8. The van der Waals surface area contributed by atoms with Crippen molar-refractivity contribution in [1.82, 2.24) is 5.32 Å². The molecule has 0 radical (unpaired) electrons. The Hall–Kier alpha value is -1.17. The molecule has 0 saturated heterocycles. The van der Waals surface area contributed by atoms with E-state index in [1.807, 2.05) is 12.1 Å². The van der Waals surface area contributed by atoms with Crippen LogP contribution in [0.3, 0.4) is 0 Å². The Bertz CT molecular complexity index is 342. The van der Waals surface area contributed by atoms with Crippen LogP contribution in [0.1, 0.15) is 13.3 Å². The summed E-state index contributed by atoms with van der Waals surface area (Å²) in [5.41, 5.74) is 0. The molecular formula is C13H16ClNO. The third kappa shape index (κ3) is 4.57. The van der Waals surface area contributed by atoms with Crippen LogP contribution < -0.4 is 10.1 Å². The number of rotatable bonds is 6. The van der Waals surface area contributed by atoms with Crippen molar-refractivity contribution in [2.24, 2.45) is 0 Å². The zero-order chi connectivity index (χ0) is 11.8. The van der Waals surface area contributed by atoms with Gasteiger partial charge in [-0.2, -0.15) is 0 Å². The van der Waals surface area contributed by atoms with Gasteiger partial charge in [0.1, 0.15) is 18.4 Å². The highest BCUT2D eigenvalue weighted by Crippen LogP contribution is 2.15. The first-order chi connectivity index (χ1) is 7.76. The standard InChI is InChI=1S/C13H16ClNO/c1-3-9-15-12(4-2)10-16-13-7-5-11(14)6-8-13/h2,5-8,12,15H,3,9-10H2,1H3. The van der Waals surface area contributed by atoms with E-state index in [2.05, 4.69) is 18.2 Å². The van der Waals surface area contributed by atoms with Gasteiger partial charge in [-0.25, -0.2) is 0 Å². The molecule has 0 aliphatic heterocycles. The predicted octanol–water partition coefficient (Wildman–Crippen LogP) is 2.72. The highest BCUT2D eigenvalue weighted by Gasteiger charge is 2.04. The van der Waals surface area contributed by atoms with Crippen molar-refractivity contribution < 1.29 is 4.74 Å². The minimum atomic E-state index is -0.0457. The van der Waals surface area contributed by atoms with Crippen LogP contribution in [0.25, 0.3) is 0 Å². The van der Waals surface area contributed by atoms with Gasteiger partial charge in [-0.15, -0.1) is 6.42 Å². The van der Waals surface area contributed by atoms with Crippen LogP contribution in [0.4, 0.5) is 0 Å². The molecule has 2 nitrogen and oxygen atoms in total. The van der Waals surface area contributed by atoms with E-state index in [9.17, 15) is 0 Å². The number of hydrogen-bond donors (Lipinski definition) is 1. The zero-order valence-corrected chi connectivity index (χ0v) is 10.1. The lowest BCUT2D eigenvalue weighted by atomic mass is 10.3. The van der Waals surface area contributed by atoms with Gasteiger partial charge in [0.05, 0.1) is 0 Å². The molecule has 0 aliphatic rings. The van der Waals surface area contributed by atoms with E-state index >= 15 is 0 Å². The van der Waals surface area contributed by atoms with Crippen molar-refractivity contribution in [3.05, 3.63) is 29.3 Å². The maximum atomic E-state index is 5.77. The molecule has 0 aliphatic carbocycles. The van der Waals surface area contributed by atoms with Gasteiger partial charge in [-0.3, -0.25) is 0 Å². The van der Waals surface area contributed by atoms with Gasteiger partial charge < -0.3 is 10.1 Å². The van der Waals surface area contributed by atoms with Crippen molar-refractivity contribution in [1.29, 1.82) is 0 Å². The molecule has 0 fully saturated rings. The van der Waals surface area contributed by atoms with Crippen molar-refractivity contribution in [2.75, 3.05) is 13.2 Å². The highest BCUT2D eigenvalue weighted by molar-refractivity contribution is 6.30. The van der Waals surface area contributed by atoms with Gasteiger partial charge in [-0.1, -0.05) is 24.4 Å². The van der Waals surface area contributed by atoms with Gasteiger partial charge in [0, 0.05) is 5.02 Å². The Kier molecular flexibility index (Phi) is 5.77. The molecule has 0 bridgehead atoms. The zero-order valence-electron chi connectivity index (χ0n) is 9.37. The van der Waals surface area contributed by atoms with Crippen molar-refractivity contribution in [2.45, 2.75) is 19.4 Å². The van der Waals surface area contributed by atoms with Crippen molar-refractivity contribution >= 4 is 11.6 Å². The lowest BCUT2D eigenvalue weighted by Crippen LogP contribution is -2.33. The fourth-order valence-corrected chi connectivity index (χ4v) is 1.32. The predicted molar refractivity (Wildman–Crippen MR) is 67.9 cm³/mol. The van der Waals surface area contributed by atoms with Gasteiger partial charge in [0.25, 0.3) is 0 Å². The number of benzene rings is 1. The number of halogens is 1. The summed E-state index contributed by atoms with van der Waals surface area (Å²) < 4.78 is 5.55. The Labute approximate surface area is 102 Å². The summed E-state index contributed by atoms with van der Waals surface area (Å²) in [7, 11) is 0. The molecular weight excluding hydrogens is 222 g/mol. The Morgan fingerprint density at radius 2 is 2.12 bits per heavy atom. The molecule has 1 aromatic carbocycles. The Balaban J connectivity index is 2.38. The molecule has 1 rings (SSSR count). The van der Waals surface area contributed by atoms with E-state index in [1.54, 1.807) is 12.1 Å². The van der Waals surface area contributed by atoms with Gasteiger partial charge in [0.2, 0.25) is 0 Å². The van der Waals surface area contributed by atoms with Gasteiger partial charge in [-0.05, 0) is 37.2 Å². The molecule has 1 aromatic rings. The quantitative estimate of drug-likeness (QED) is 0.769. The number of nitrogens with one attached hydrogen (secondary N) is 1. The van der Waals surface area contributed by atoms with Gasteiger partial charge in [0.15, 0.2) is 0 Å². The van der Waals surface area contributed by atoms with E-state index in [0.717, 1.165) is 18.7 Å². The van der Waals surface area contributed by atoms with E-state index in [0.29, 0.717) is 11.6 Å². The first-order valence-electron chi connectivity index (χ1n) is 5.34. The average molecular weight is 238 g/mol. The summed E-state index contributed by atoms with van der Waals surface area (Å²) in [5, 5.41) is 3.91. The average Bonchev–Trinajstić information content (AvgIpc) is 2.32. The number of terminal acetylenes is 1. The molecule has 86 valence electrons. The molecule has 1 N–H and O–H groups in total. The Morgan fingerprint density at radius 1 is 1.44 bits per heavy atom. The summed E-state index contributed by atoms with van der Waals surface area (Å²) in [5.74, 6) is 3.44. The topological polar surface area (TPSA) is 21.3 Å². The summed E-state index contributed by atoms with van der Waals surface area (Å²) in [6, 6.07) is 7.20. The molecule has 0 heterocycles. The summed E-state index contributed by atoms with van der Waals surface area (Å²) in [4.78, 5) is 0. The van der Waals surface area contributed by atoms with E-state index in [-0.39, 0.29) is 6.04 Å². The largest absolute Gasteiger partial charge is 0.491 e. The minimum Gasteiger partial charge on any atom is -0.491 e. The second-order valence-electron chi connectivity index (χ2n) is 3.44. The second kappa shape index (κ2) is 7.16. The lowest BCUT2D eigenvalue weighted by molar-refractivity contribution is 0.290. The van der Waals surface area contributed by atoms with Crippen LogP contribution in [0.5, 0.6) is 5.75 Å². The van der Waals surface area contributed by atoms with E-state index in [1.165, 1.54) is 0 Å². The summed E-state index contributed by atoms with van der Waals surface area (Å²) in [6.45, 7) is 3.47. The third-order valence-corrected chi connectivity index (χ3v) is 2.32. The molecule has 1 unspecified atom stereocenters. The summed E-state index contributed by atoms with van der Waals surface area (Å²) in [6.07, 6.45) is 6.44. The molecule has 1 atom stereocenters. The lowest BCUT2D eigenvalue weighted by Gasteiger charge is -2.13. The summed E-state index contributed by atoms with van der Waals surface area (Å²) >= 11 is 5.77. The maximum Gasteiger partial charge on any atom is 0.119 e. The molecule has 3 heteroatoms. The number of hydrogen-bond acceptors (Lipinski definition) is 2. The maximum absolute atomic E-state index is 5.77. The van der Waals surface area contributed by atoms with Gasteiger partial charge >= 0.3 is 0 Å². The van der Waals surface area contributed by atoms with Crippen LogP contribution in [-0.4, -0.2) is 19.2 Å². The van der Waals surface area contributed by atoms with Crippen molar-refractivity contribution in [3.63, 3.8) is 0 Å². The molecule has 16 heavy (non-hydrogen) atoms. The third-order valence-electron chi connectivity index (χ3n) is 2.07. The molecule has 0 amide bonds. The Morgan fingerprint density at radius 3 is 2.69 bits per heavy atom. The monoisotopic (exact) mass is 237 g/mol. The van der Waals surface area contributed by atoms with E-state index in [4.69, 9.17) is 22.8 Å². The van der Waals surface area contributed by atoms with Crippen LogP contribution in [0, 0.1) is 12.3 Å². The smallest absolute Gasteiger partial charge is 0.119 e. The van der Waals surface area contributed by atoms with Crippen LogP contribution >= 0.6 is 11.6 Å². The molecule has 0 aromatic heterocycles.